The molecule has 0 aromatic rings. The van der Waals surface area contributed by atoms with Crippen LogP contribution in [0.15, 0.2) is 48.0 Å². The monoisotopic (exact) mass is 217 g/mol. The second-order valence-corrected chi connectivity index (χ2v) is 5.04. The van der Waals surface area contributed by atoms with E-state index in [1.165, 1.54) is 11.1 Å². The van der Waals surface area contributed by atoms with E-state index in [1.54, 1.807) is 0 Å². The standard InChI is InChI=1S/C15H23N/c1-11(2)13(5)9-16-10-15(12(3)4)8-7-14(16)6/h7-12H,6H2,1-5H3/b13-9+. The Balaban J connectivity index is 2.92. The molecule has 0 amide bonds. The maximum atomic E-state index is 4.05. The molecule has 88 valence electrons. The summed E-state index contributed by atoms with van der Waals surface area (Å²) in [7, 11) is 0. The Morgan fingerprint density at radius 2 is 1.88 bits per heavy atom. The number of hydrogen-bond donors (Lipinski definition) is 0. The summed E-state index contributed by atoms with van der Waals surface area (Å²) in [6, 6.07) is 0. The lowest BCUT2D eigenvalue weighted by molar-refractivity contribution is 0.600. The van der Waals surface area contributed by atoms with Gasteiger partial charge in [0, 0.05) is 18.1 Å². The first-order chi connectivity index (χ1) is 7.41. The molecule has 0 aromatic heterocycles. The third-order valence-corrected chi connectivity index (χ3v) is 3.01. The highest BCUT2D eigenvalue weighted by Crippen LogP contribution is 2.23. The fourth-order valence-corrected chi connectivity index (χ4v) is 1.40. The van der Waals surface area contributed by atoms with E-state index in [-0.39, 0.29) is 0 Å². The van der Waals surface area contributed by atoms with Crippen LogP contribution in [0.3, 0.4) is 0 Å². The average molecular weight is 217 g/mol. The van der Waals surface area contributed by atoms with E-state index < -0.39 is 0 Å². The Bertz CT molecular complexity index is 354. The van der Waals surface area contributed by atoms with Crippen LogP contribution in [-0.2, 0) is 0 Å². The molecule has 0 atom stereocenters. The van der Waals surface area contributed by atoms with Gasteiger partial charge in [0.05, 0.1) is 0 Å². The molecule has 1 heteroatoms. The van der Waals surface area contributed by atoms with Crippen LogP contribution in [0.4, 0.5) is 0 Å². The quantitative estimate of drug-likeness (QED) is 0.674. The molecule has 0 aromatic carbocycles. The summed E-state index contributed by atoms with van der Waals surface area (Å²) >= 11 is 0. The van der Waals surface area contributed by atoms with Gasteiger partial charge in [-0.05, 0) is 30.4 Å². The summed E-state index contributed by atoms with van der Waals surface area (Å²) in [5.74, 6) is 1.13. The summed E-state index contributed by atoms with van der Waals surface area (Å²) in [6.45, 7) is 15.1. The molecule has 0 saturated heterocycles. The molecule has 0 unspecified atom stereocenters. The molecule has 0 spiro atoms. The summed E-state index contributed by atoms with van der Waals surface area (Å²) < 4.78 is 0. The smallest absolute Gasteiger partial charge is 0.0377 e. The van der Waals surface area contributed by atoms with E-state index in [1.807, 2.05) is 0 Å². The van der Waals surface area contributed by atoms with Crippen molar-refractivity contribution in [2.45, 2.75) is 34.6 Å². The van der Waals surface area contributed by atoms with Crippen LogP contribution in [0.1, 0.15) is 34.6 Å². The van der Waals surface area contributed by atoms with Crippen molar-refractivity contribution in [1.29, 1.82) is 0 Å². The zero-order valence-corrected chi connectivity index (χ0v) is 11.1. The molecular weight excluding hydrogens is 194 g/mol. The van der Waals surface area contributed by atoms with E-state index >= 15 is 0 Å². The molecule has 16 heavy (non-hydrogen) atoms. The van der Waals surface area contributed by atoms with Gasteiger partial charge < -0.3 is 4.90 Å². The number of hydrogen-bond acceptors (Lipinski definition) is 1. The van der Waals surface area contributed by atoms with Crippen LogP contribution in [0.2, 0.25) is 0 Å². The number of nitrogens with zero attached hydrogens (tertiary/aromatic N) is 1. The Morgan fingerprint density at radius 3 is 2.38 bits per heavy atom. The predicted molar refractivity (Wildman–Crippen MR) is 71.6 cm³/mol. The zero-order valence-electron chi connectivity index (χ0n) is 11.1. The van der Waals surface area contributed by atoms with Gasteiger partial charge >= 0.3 is 0 Å². The normalized spacial score (nSPS) is 17.4. The molecule has 0 N–H and O–H groups in total. The average Bonchev–Trinajstić information content (AvgIpc) is 2.20. The van der Waals surface area contributed by atoms with Gasteiger partial charge in [-0.2, -0.15) is 0 Å². The zero-order chi connectivity index (χ0) is 12.3. The van der Waals surface area contributed by atoms with Crippen LogP contribution < -0.4 is 0 Å². The first-order valence-electron chi connectivity index (χ1n) is 5.97. The molecule has 1 nitrogen and oxygen atoms in total. The highest BCUT2D eigenvalue weighted by molar-refractivity contribution is 5.35. The van der Waals surface area contributed by atoms with Crippen LogP contribution in [0.25, 0.3) is 0 Å². The van der Waals surface area contributed by atoms with E-state index in [0.717, 1.165) is 5.70 Å². The fourth-order valence-electron chi connectivity index (χ4n) is 1.40. The minimum atomic E-state index is 0.555. The summed E-state index contributed by atoms with van der Waals surface area (Å²) in [6.07, 6.45) is 8.60. The lowest BCUT2D eigenvalue weighted by Gasteiger charge is -2.24. The lowest BCUT2D eigenvalue weighted by Crippen LogP contribution is -2.14. The summed E-state index contributed by atoms with van der Waals surface area (Å²) in [4.78, 5) is 2.13. The first kappa shape index (κ1) is 12.8. The van der Waals surface area contributed by atoms with Crippen molar-refractivity contribution < 1.29 is 0 Å². The van der Waals surface area contributed by atoms with Crippen LogP contribution in [0, 0.1) is 11.8 Å². The van der Waals surface area contributed by atoms with Crippen molar-refractivity contribution in [1.82, 2.24) is 4.90 Å². The largest absolute Gasteiger partial charge is 0.324 e. The highest BCUT2D eigenvalue weighted by atomic mass is 15.1. The maximum Gasteiger partial charge on any atom is 0.0377 e. The van der Waals surface area contributed by atoms with Gasteiger partial charge in [-0.3, -0.25) is 0 Å². The number of allylic oxidation sites excluding steroid dienone is 4. The molecule has 1 aliphatic rings. The van der Waals surface area contributed by atoms with Crippen LogP contribution >= 0.6 is 0 Å². The third-order valence-electron chi connectivity index (χ3n) is 3.01. The van der Waals surface area contributed by atoms with Crippen molar-refractivity contribution in [2.24, 2.45) is 11.8 Å². The van der Waals surface area contributed by atoms with Gasteiger partial charge in [-0.25, -0.2) is 0 Å². The third kappa shape index (κ3) is 3.13. The Kier molecular flexibility index (Phi) is 4.17. The molecule has 0 radical (unpaired) electrons. The van der Waals surface area contributed by atoms with Crippen molar-refractivity contribution in [3.8, 4) is 0 Å². The van der Waals surface area contributed by atoms with Crippen LogP contribution in [-0.4, -0.2) is 4.90 Å². The molecule has 1 heterocycles. The SMILES string of the molecule is C=C1C=CC(C(C)C)=CN1/C=C(\C)C(C)C. The van der Waals surface area contributed by atoms with E-state index in [4.69, 9.17) is 0 Å². The van der Waals surface area contributed by atoms with Gasteiger partial charge in [-0.1, -0.05) is 45.9 Å². The highest BCUT2D eigenvalue weighted by Gasteiger charge is 2.10. The molecule has 0 saturated carbocycles. The predicted octanol–water partition coefficient (Wildman–Crippen LogP) is 4.47. The van der Waals surface area contributed by atoms with Gasteiger partial charge in [0.15, 0.2) is 0 Å². The van der Waals surface area contributed by atoms with Crippen molar-refractivity contribution in [2.75, 3.05) is 0 Å². The topological polar surface area (TPSA) is 3.24 Å². The van der Waals surface area contributed by atoms with Crippen molar-refractivity contribution in [3.05, 3.63) is 48.0 Å². The first-order valence-corrected chi connectivity index (χ1v) is 5.97. The maximum absolute atomic E-state index is 4.05. The molecule has 0 fully saturated rings. The van der Waals surface area contributed by atoms with Gasteiger partial charge in [0.1, 0.15) is 0 Å². The molecular formula is C15H23N. The van der Waals surface area contributed by atoms with E-state index in [9.17, 15) is 0 Å². The minimum Gasteiger partial charge on any atom is -0.324 e. The molecule has 1 rings (SSSR count). The van der Waals surface area contributed by atoms with E-state index in [2.05, 4.69) is 70.6 Å². The van der Waals surface area contributed by atoms with Gasteiger partial charge in [0.2, 0.25) is 0 Å². The van der Waals surface area contributed by atoms with Crippen molar-refractivity contribution in [3.63, 3.8) is 0 Å². The second-order valence-electron chi connectivity index (χ2n) is 5.04. The number of rotatable bonds is 3. The lowest BCUT2D eigenvalue weighted by atomic mass is 10.0. The van der Waals surface area contributed by atoms with E-state index in [0.29, 0.717) is 11.8 Å². The minimum absolute atomic E-state index is 0.555. The summed E-state index contributed by atoms with van der Waals surface area (Å²) in [5, 5.41) is 0. The Hall–Kier alpha value is -1.24. The molecule has 0 aliphatic carbocycles. The van der Waals surface area contributed by atoms with Crippen LogP contribution in [0.5, 0.6) is 0 Å². The van der Waals surface area contributed by atoms with Crippen molar-refractivity contribution >= 4 is 0 Å². The van der Waals surface area contributed by atoms with Gasteiger partial charge in [0.25, 0.3) is 0 Å². The molecule has 0 bridgehead atoms. The fraction of sp³-hybridized carbons (Fsp3) is 0.467. The Morgan fingerprint density at radius 1 is 1.25 bits per heavy atom. The molecule has 1 aliphatic heterocycles. The Labute approximate surface area is 99.8 Å². The second kappa shape index (κ2) is 5.20. The van der Waals surface area contributed by atoms with Gasteiger partial charge in [-0.15, -0.1) is 0 Å². The summed E-state index contributed by atoms with van der Waals surface area (Å²) in [5.41, 5.74) is 3.75.